The highest BCUT2D eigenvalue weighted by Crippen LogP contribution is 2.30. The van der Waals surface area contributed by atoms with Crippen LogP contribution in [0.5, 0.6) is 0 Å². The molecule has 0 amide bonds. The second kappa shape index (κ2) is 4.78. The molecule has 2 nitrogen and oxygen atoms in total. The lowest BCUT2D eigenvalue weighted by Crippen LogP contribution is -2.00. The van der Waals surface area contributed by atoms with E-state index in [9.17, 15) is 9.18 Å². The van der Waals surface area contributed by atoms with E-state index < -0.39 is 5.97 Å². The lowest BCUT2D eigenvalue weighted by Gasteiger charge is -2.10. The Morgan fingerprint density at radius 3 is 2.50 bits per heavy atom. The summed E-state index contributed by atoms with van der Waals surface area (Å²) in [4.78, 5) is 11.2. The van der Waals surface area contributed by atoms with Gasteiger partial charge in [0, 0.05) is 5.02 Å². The van der Waals surface area contributed by atoms with Crippen LogP contribution >= 0.6 is 11.6 Å². The van der Waals surface area contributed by atoms with Crippen LogP contribution < -0.4 is 0 Å². The molecule has 0 radical (unpaired) electrons. The molecule has 2 aromatic carbocycles. The predicted octanol–water partition coefficient (Wildman–Crippen LogP) is 4.15. The van der Waals surface area contributed by atoms with Crippen LogP contribution in [0.15, 0.2) is 36.4 Å². The van der Waals surface area contributed by atoms with E-state index in [1.54, 1.807) is 19.1 Å². The van der Waals surface area contributed by atoms with Crippen LogP contribution in [0.3, 0.4) is 0 Å². The second-order valence-corrected chi connectivity index (χ2v) is 4.39. The van der Waals surface area contributed by atoms with E-state index in [-0.39, 0.29) is 11.4 Å². The van der Waals surface area contributed by atoms with Gasteiger partial charge in [-0.15, -0.1) is 0 Å². The summed E-state index contributed by atoms with van der Waals surface area (Å²) < 4.78 is 13.1. The Morgan fingerprint density at radius 2 is 1.89 bits per heavy atom. The zero-order valence-corrected chi connectivity index (χ0v) is 10.3. The summed E-state index contributed by atoms with van der Waals surface area (Å²) >= 11 is 5.89. The molecule has 2 aromatic rings. The molecule has 0 spiro atoms. The number of hydrogen-bond acceptors (Lipinski definition) is 1. The molecule has 0 aliphatic heterocycles. The molecule has 0 saturated carbocycles. The Kier molecular flexibility index (Phi) is 3.34. The van der Waals surface area contributed by atoms with Crippen molar-refractivity contribution < 1.29 is 14.3 Å². The number of carbonyl (C=O) groups is 1. The van der Waals surface area contributed by atoms with Gasteiger partial charge in [-0.3, -0.25) is 0 Å². The van der Waals surface area contributed by atoms with E-state index in [4.69, 9.17) is 16.7 Å². The van der Waals surface area contributed by atoms with Gasteiger partial charge in [-0.1, -0.05) is 17.7 Å². The molecule has 18 heavy (non-hydrogen) atoms. The smallest absolute Gasteiger partial charge is 0.336 e. The molecule has 0 saturated heterocycles. The number of halogens is 2. The van der Waals surface area contributed by atoms with Gasteiger partial charge >= 0.3 is 5.97 Å². The van der Waals surface area contributed by atoms with Crippen LogP contribution in [0.4, 0.5) is 4.39 Å². The molecule has 0 unspecified atom stereocenters. The van der Waals surface area contributed by atoms with Crippen LogP contribution in [0, 0.1) is 12.7 Å². The van der Waals surface area contributed by atoms with E-state index in [1.807, 2.05) is 0 Å². The Labute approximate surface area is 109 Å². The van der Waals surface area contributed by atoms with Crippen LogP contribution in [-0.2, 0) is 0 Å². The summed E-state index contributed by atoms with van der Waals surface area (Å²) in [7, 11) is 0. The first-order chi connectivity index (χ1) is 8.49. The first-order valence-electron chi connectivity index (χ1n) is 5.28. The highest BCUT2D eigenvalue weighted by Gasteiger charge is 2.14. The number of carboxylic acids is 1. The Hall–Kier alpha value is -1.87. The summed E-state index contributed by atoms with van der Waals surface area (Å²) in [6, 6.07) is 8.76. The molecular weight excluding hydrogens is 255 g/mol. The number of aryl methyl sites for hydroxylation is 1. The fourth-order valence-electron chi connectivity index (χ4n) is 1.86. The Balaban J connectivity index is 2.69. The summed E-state index contributed by atoms with van der Waals surface area (Å²) in [5.74, 6) is -1.39. The number of rotatable bonds is 2. The van der Waals surface area contributed by atoms with Crippen molar-refractivity contribution in [2.75, 3.05) is 0 Å². The van der Waals surface area contributed by atoms with Gasteiger partial charge in [-0.05, 0) is 53.9 Å². The van der Waals surface area contributed by atoms with Crippen molar-refractivity contribution in [2.24, 2.45) is 0 Å². The van der Waals surface area contributed by atoms with Gasteiger partial charge in [0.2, 0.25) is 0 Å². The molecule has 92 valence electrons. The first-order valence-corrected chi connectivity index (χ1v) is 5.66. The van der Waals surface area contributed by atoms with Crippen molar-refractivity contribution in [3.63, 3.8) is 0 Å². The molecule has 0 aliphatic rings. The topological polar surface area (TPSA) is 37.3 Å². The van der Waals surface area contributed by atoms with E-state index in [0.29, 0.717) is 21.7 Å². The fraction of sp³-hybridized carbons (Fsp3) is 0.0714. The molecule has 0 fully saturated rings. The van der Waals surface area contributed by atoms with E-state index in [1.165, 1.54) is 24.3 Å². The average molecular weight is 265 g/mol. The Bertz CT molecular complexity index is 623. The maximum absolute atomic E-state index is 13.1. The van der Waals surface area contributed by atoms with E-state index in [2.05, 4.69) is 0 Å². The van der Waals surface area contributed by atoms with Crippen molar-refractivity contribution in [3.05, 3.63) is 58.4 Å². The largest absolute Gasteiger partial charge is 0.478 e. The standard InChI is InChI=1S/C14H10ClFO2/c1-8-6-10(16)3-5-11(8)13-7-9(15)2-4-12(13)14(17)18/h2-7H,1H3,(H,17,18). The van der Waals surface area contributed by atoms with Gasteiger partial charge < -0.3 is 5.11 Å². The molecule has 0 aromatic heterocycles. The molecular formula is C14H10ClFO2. The van der Waals surface area contributed by atoms with Crippen molar-refractivity contribution in [1.82, 2.24) is 0 Å². The lowest BCUT2D eigenvalue weighted by molar-refractivity contribution is 0.0698. The van der Waals surface area contributed by atoms with Gasteiger partial charge in [-0.25, -0.2) is 9.18 Å². The second-order valence-electron chi connectivity index (χ2n) is 3.95. The Morgan fingerprint density at radius 1 is 1.17 bits per heavy atom. The van der Waals surface area contributed by atoms with Crippen LogP contribution in [0.2, 0.25) is 5.02 Å². The predicted molar refractivity (Wildman–Crippen MR) is 68.5 cm³/mol. The summed E-state index contributed by atoms with van der Waals surface area (Å²) in [6.45, 7) is 1.73. The van der Waals surface area contributed by atoms with Gasteiger partial charge in [-0.2, -0.15) is 0 Å². The van der Waals surface area contributed by atoms with Gasteiger partial charge in [0.05, 0.1) is 5.56 Å². The first kappa shape index (κ1) is 12.6. The lowest BCUT2D eigenvalue weighted by atomic mass is 9.96. The minimum atomic E-state index is -1.04. The fourth-order valence-corrected chi connectivity index (χ4v) is 2.03. The molecule has 2 rings (SSSR count). The SMILES string of the molecule is Cc1cc(F)ccc1-c1cc(Cl)ccc1C(=O)O. The van der Waals surface area contributed by atoms with Crippen molar-refractivity contribution in [3.8, 4) is 11.1 Å². The molecule has 0 aliphatic carbocycles. The number of hydrogen-bond donors (Lipinski definition) is 1. The third-order valence-electron chi connectivity index (χ3n) is 2.69. The maximum Gasteiger partial charge on any atom is 0.336 e. The average Bonchev–Trinajstić information content (AvgIpc) is 2.28. The summed E-state index contributed by atoms with van der Waals surface area (Å²) in [6.07, 6.45) is 0. The normalized spacial score (nSPS) is 10.4. The van der Waals surface area contributed by atoms with Crippen LogP contribution in [0.1, 0.15) is 15.9 Å². The third kappa shape index (κ3) is 2.36. The van der Waals surface area contributed by atoms with Crippen LogP contribution in [-0.4, -0.2) is 11.1 Å². The zero-order valence-electron chi connectivity index (χ0n) is 9.58. The number of aromatic carboxylic acids is 1. The number of benzene rings is 2. The highest BCUT2D eigenvalue weighted by atomic mass is 35.5. The monoisotopic (exact) mass is 264 g/mol. The molecule has 4 heteroatoms. The molecule has 1 N–H and O–H groups in total. The molecule has 0 bridgehead atoms. The van der Waals surface area contributed by atoms with Crippen LogP contribution in [0.25, 0.3) is 11.1 Å². The third-order valence-corrected chi connectivity index (χ3v) is 2.93. The quantitative estimate of drug-likeness (QED) is 0.885. The summed E-state index contributed by atoms with van der Waals surface area (Å²) in [5, 5.41) is 9.59. The number of carboxylic acid groups (broad SMARTS) is 1. The minimum Gasteiger partial charge on any atom is -0.478 e. The maximum atomic E-state index is 13.1. The van der Waals surface area contributed by atoms with E-state index in [0.717, 1.165) is 0 Å². The van der Waals surface area contributed by atoms with Gasteiger partial charge in [0.15, 0.2) is 0 Å². The van der Waals surface area contributed by atoms with Gasteiger partial charge in [0.25, 0.3) is 0 Å². The molecule has 0 heterocycles. The van der Waals surface area contributed by atoms with Crippen molar-refractivity contribution in [1.29, 1.82) is 0 Å². The highest BCUT2D eigenvalue weighted by molar-refractivity contribution is 6.31. The van der Waals surface area contributed by atoms with Crippen molar-refractivity contribution >= 4 is 17.6 Å². The molecule has 0 atom stereocenters. The minimum absolute atomic E-state index is 0.147. The van der Waals surface area contributed by atoms with Crippen molar-refractivity contribution in [2.45, 2.75) is 6.92 Å². The van der Waals surface area contributed by atoms with E-state index >= 15 is 0 Å². The van der Waals surface area contributed by atoms with Gasteiger partial charge in [0.1, 0.15) is 5.82 Å². The summed E-state index contributed by atoms with van der Waals surface area (Å²) in [5.41, 5.74) is 1.97. The zero-order chi connectivity index (χ0) is 13.3.